The van der Waals surface area contributed by atoms with Gasteiger partial charge in [0.2, 0.25) is 0 Å². The number of amides is 2. The monoisotopic (exact) mass is 249 g/mol. The zero-order chi connectivity index (χ0) is 13.4. The van der Waals surface area contributed by atoms with Gasteiger partial charge in [-0.3, -0.25) is 14.5 Å². The topological polar surface area (TPSA) is 37.4 Å². The molecule has 3 nitrogen and oxygen atoms in total. The van der Waals surface area contributed by atoms with Crippen LogP contribution >= 0.6 is 0 Å². The van der Waals surface area contributed by atoms with Crippen LogP contribution in [-0.2, 0) is 0 Å². The maximum absolute atomic E-state index is 12.4. The van der Waals surface area contributed by atoms with E-state index in [1.54, 1.807) is 19.1 Å². The fraction of sp³-hybridized carbons (Fsp3) is 0.125. The highest BCUT2D eigenvalue weighted by Gasteiger charge is 2.31. The first-order valence-electron chi connectivity index (χ1n) is 6.01. The summed E-state index contributed by atoms with van der Waals surface area (Å²) in [4.78, 5) is 25.9. The molecule has 0 aromatic heterocycles. The lowest BCUT2D eigenvalue weighted by Gasteiger charge is -2.25. The van der Waals surface area contributed by atoms with Gasteiger partial charge in [0, 0.05) is 16.5 Å². The van der Waals surface area contributed by atoms with E-state index < -0.39 is 0 Å². The third-order valence-corrected chi connectivity index (χ3v) is 3.27. The van der Waals surface area contributed by atoms with Gasteiger partial charge in [-0.1, -0.05) is 30.2 Å². The van der Waals surface area contributed by atoms with Crippen molar-refractivity contribution in [3.8, 4) is 11.8 Å². The van der Waals surface area contributed by atoms with Crippen molar-refractivity contribution >= 4 is 22.6 Å². The van der Waals surface area contributed by atoms with Crippen LogP contribution in [-0.4, -0.2) is 23.3 Å². The Labute approximate surface area is 110 Å². The van der Waals surface area contributed by atoms with E-state index in [9.17, 15) is 9.59 Å². The van der Waals surface area contributed by atoms with E-state index in [-0.39, 0.29) is 18.4 Å². The lowest BCUT2D eigenvalue weighted by molar-refractivity contribution is 0.0632. The van der Waals surface area contributed by atoms with Crippen molar-refractivity contribution in [1.82, 2.24) is 4.90 Å². The van der Waals surface area contributed by atoms with Crippen LogP contribution in [0.2, 0.25) is 0 Å². The molecular formula is C16H11NO2. The average molecular weight is 249 g/mol. The molecule has 1 aliphatic rings. The highest BCUT2D eigenvalue weighted by molar-refractivity contribution is 6.25. The average Bonchev–Trinajstić information content (AvgIpc) is 2.44. The quantitative estimate of drug-likeness (QED) is 0.575. The second-order valence-electron chi connectivity index (χ2n) is 4.33. The summed E-state index contributed by atoms with van der Waals surface area (Å²) in [6.07, 6.45) is 0. The Morgan fingerprint density at radius 2 is 1.58 bits per heavy atom. The first kappa shape index (κ1) is 11.5. The number of hydrogen-bond acceptors (Lipinski definition) is 2. The Bertz CT molecular complexity index is 714. The minimum atomic E-state index is -0.267. The molecule has 0 atom stereocenters. The van der Waals surface area contributed by atoms with Crippen molar-refractivity contribution < 1.29 is 9.59 Å². The van der Waals surface area contributed by atoms with Gasteiger partial charge in [0.15, 0.2) is 0 Å². The molecule has 1 heterocycles. The number of carbonyl (C=O) groups excluding carboxylic acids is 2. The van der Waals surface area contributed by atoms with Crippen LogP contribution < -0.4 is 0 Å². The lowest BCUT2D eigenvalue weighted by atomic mass is 9.94. The molecule has 1 aliphatic heterocycles. The Hall–Kier alpha value is -2.60. The highest BCUT2D eigenvalue weighted by Crippen LogP contribution is 2.29. The maximum atomic E-state index is 12.4. The van der Waals surface area contributed by atoms with E-state index in [1.807, 2.05) is 24.3 Å². The standard InChI is InChI=1S/C16H11NO2/c1-2-3-10-17-15(18)12-8-4-6-11-7-5-9-13(14(11)12)16(17)19/h4-9H,10H2,1H3. The third kappa shape index (κ3) is 1.61. The predicted octanol–water partition coefficient (Wildman–Crippen LogP) is 2.46. The molecule has 0 aliphatic carbocycles. The SMILES string of the molecule is CC#CCN1C(=O)c2cccc3cccc(c23)C1=O. The number of benzene rings is 2. The van der Waals surface area contributed by atoms with Crippen LogP contribution in [0, 0.1) is 11.8 Å². The first-order valence-corrected chi connectivity index (χ1v) is 6.01. The van der Waals surface area contributed by atoms with Crippen LogP contribution in [0.3, 0.4) is 0 Å². The number of imide groups is 1. The van der Waals surface area contributed by atoms with E-state index in [4.69, 9.17) is 0 Å². The zero-order valence-electron chi connectivity index (χ0n) is 10.4. The molecular weight excluding hydrogens is 238 g/mol. The van der Waals surface area contributed by atoms with E-state index in [0.29, 0.717) is 11.1 Å². The molecule has 2 aromatic rings. The Morgan fingerprint density at radius 3 is 2.11 bits per heavy atom. The van der Waals surface area contributed by atoms with Crippen molar-refractivity contribution in [3.05, 3.63) is 47.5 Å². The molecule has 0 fully saturated rings. The number of nitrogens with zero attached hydrogens (tertiary/aromatic N) is 1. The van der Waals surface area contributed by atoms with Crippen LogP contribution in [0.15, 0.2) is 36.4 Å². The largest absolute Gasteiger partial charge is 0.269 e. The lowest BCUT2D eigenvalue weighted by Crippen LogP contribution is -2.40. The molecule has 0 bridgehead atoms. The summed E-state index contributed by atoms with van der Waals surface area (Å²) in [7, 11) is 0. The van der Waals surface area contributed by atoms with E-state index in [1.165, 1.54) is 4.90 Å². The summed E-state index contributed by atoms with van der Waals surface area (Å²) in [5, 5.41) is 1.67. The van der Waals surface area contributed by atoms with Crippen LogP contribution in [0.4, 0.5) is 0 Å². The molecule has 0 spiro atoms. The summed E-state index contributed by atoms with van der Waals surface area (Å²) in [5.41, 5.74) is 1.15. The van der Waals surface area contributed by atoms with Crippen molar-refractivity contribution in [2.45, 2.75) is 6.92 Å². The maximum Gasteiger partial charge on any atom is 0.262 e. The highest BCUT2D eigenvalue weighted by atomic mass is 16.2. The Balaban J connectivity index is 2.27. The van der Waals surface area contributed by atoms with Gasteiger partial charge in [0.25, 0.3) is 11.8 Å². The van der Waals surface area contributed by atoms with Gasteiger partial charge < -0.3 is 0 Å². The molecule has 92 valence electrons. The normalized spacial score (nSPS) is 13.4. The van der Waals surface area contributed by atoms with Gasteiger partial charge in [-0.25, -0.2) is 0 Å². The second kappa shape index (κ2) is 4.25. The number of hydrogen-bond donors (Lipinski definition) is 0. The van der Waals surface area contributed by atoms with Gasteiger partial charge in [-0.2, -0.15) is 0 Å². The molecule has 2 amide bonds. The fourth-order valence-electron chi connectivity index (χ4n) is 2.38. The molecule has 3 heteroatoms. The summed E-state index contributed by atoms with van der Waals surface area (Å²) in [6.45, 7) is 1.83. The molecule has 0 saturated heterocycles. The Morgan fingerprint density at radius 1 is 1.00 bits per heavy atom. The molecule has 0 radical (unpaired) electrons. The summed E-state index contributed by atoms with van der Waals surface area (Å²) in [6, 6.07) is 11.0. The fourth-order valence-corrected chi connectivity index (χ4v) is 2.38. The van der Waals surface area contributed by atoms with Gasteiger partial charge in [0.05, 0.1) is 6.54 Å². The third-order valence-electron chi connectivity index (χ3n) is 3.27. The molecule has 0 unspecified atom stereocenters. The molecule has 19 heavy (non-hydrogen) atoms. The second-order valence-corrected chi connectivity index (χ2v) is 4.33. The first-order chi connectivity index (χ1) is 9.24. The predicted molar refractivity (Wildman–Crippen MR) is 72.8 cm³/mol. The van der Waals surface area contributed by atoms with Gasteiger partial charge in [0.1, 0.15) is 0 Å². The van der Waals surface area contributed by atoms with E-state index in [0.717, 1.165) is 10.8 Å². The molecule has 3 rings (SSSR count). The minimum Gasteiger partial charge on any atom is -0.269 e. The molecule has 0 N–H and O–H groups in total. The van der Waals surface area contributed by atoms with Crippen molar-refractivity contribution in [2.24, 2.45) is 0 Å². The van der Waals surface area contributed by atoms with Crippen molar-refractivity contribution in [2.75, 3.05) is 6.54 Å². The van der Waals surface area contributed by atoms with Crippen molar-refractivity contribution in [3.63, 3.8) is 0 Å². The summed E-state index contributed by atoms with van der Waals surface area (Å²) in [5.74, 6) is 4.95. The zero-order valence-corrected chi connectivity index (χ0v) is 10.4. The van der Waals surface area contributed by atoms with Gasteiger partial charge in [-0.15, -0.1) is 5.92 Å². The number of rotatable bonds is 1. The number of carbonyl (C=O) groups is 2. The van der Waals surface area contributed by atoms with Crippen LogP contribution in [0.25, 0.3) is 10.8 Å². The Kier molecular flexibility index (Phi) is 2.57. The van der Waals surface area contributed by atoms with Gasteiger partial charge >= 0.3 is 0 Å². The summed E-state index contributed by atoms with van der Waals surface area (Å²) >= 11 is 0. The molecule has 0 saturated carbocycles. The minimum absolute atomic E-state index is 0.138. The van der Waals surface area contributed by atoms with Crippen LogP contribution in [0.5, 0.6) is 0 Å². The van der Waals surface area contributed by atoms with E-state index in [2.05, 4.69) is 11.8 Å². The van der Waals surface area contributed by atoms with E-state index >= 15 is 0 Å². The van der Waals surface area contributed by atoms with Crippen molar-refractivity contribution in [1.29, 1.82) is 0 Å². The summed E-state index contributed by atoms with van der Waals surface area (Å²) < 4.78 is 0. The smallest absolute Gasteiger partial charge is 0.262 e. The molecule has 2 aromatic carbocycles. The van der Waals surface area contributed by atoms with Gasteiger partial charge in [-0.05, 0) is 24.4 Å². The van der Waals surface area contributed by atoms with Crippen LogP contribution in [0.1, 0.15) is 27.6 Å².